The van der Waals surface area contributed by atoms with Crippen LogP contribution in [-0.2, 0) is 0 Å². The van der Waals surface area contributed by atoms with Gasteiger partial charge in [-0.1, -0.05) is 24.3 Å². The van der Waals surface area contributed by atoms with E-state index in [4.69, 9.17) is 9.15 Å². The third kappa shape index (κ3) is 2.39. The molecule has 0 spiro atoms. The number of ketones is 2. The lowest BCUT2D eigenvalue weighted by atomic mass is 9.83. The Morgan fingerprint density at radius 2 is 1.48 bits per heavy atom. The van der Waals surface area contributed by atoms with Crippen molar-refractivity contribution in [2.45, 2.75) is 13.8 Å². The number of hydrogen-bond donors (Lipinski definition) is 0. The molecule has 0 saturated heterocycles. The van der Waals surface area contributed by atoms with Crippen LogP contribution in [0.1, 0.15) is 31.8 Å². The summed E-state index contributed by atoms with van der Waals surface area (Å²) in [6, 6.07) is 17.1. The van der Waals surface area contributed by atoms with Crippen LogP contribution in [0, 0.1) is 13.8 Å². The van der Waals surface area contributed by atoms with Crippen LogP contribution in [0.2, 0.25) is 0 Å². The topological polar surface area (TPSA) is 56.5 Å². The number of carbonyl (C=O) groups excluding carboxylic acids is 2. The van der Waals surface area contributed by atoms with Crippen molar-refractivity contribution in [3.63, 3.8) is 0 Å². The molecular formula is C25H18O4. The summed E-state index contributed by atoms with van der Waals surface area (Å²) in [7, 11) is 1.61. The number of carbonyl (C=O) groups is 2. The van der Waals surface area contributed by atoms with Gasteiger partial charge >= 0.3 is 0 Å². The van der Waals surface area contributed by atoms with Gasteiger partial charge in [-0.25, -0.2) is 0 Å². The van der Waals surface area contributed by atoms with Crippen molar-refractivity contribution in [3.05, 3.63) is 76.9 Å². The summed E-state index contributed by atoms with van der Waals surface area (Å²) in [5.74, 6) is 0.810. The normalized spacial score (nSPS) is 12.8. The SMILES string of the molecule is COc1ccc(-c2oc3c(c2C)C(=O)C(=O)c2c-3ccc3c(C)cccc23)cc1. The maximum Gasteiger partial charge on any atom is 0.237 e. The Hall–Kier alpha value is -3.66. The van der Waals surface area contributed by atoms with Crippen LogP contribution < -0.4 is 4.74 Å². The highest BCUT2D eigenvalue weighted by molar-refractivity contribution is 6.54. The van der Waals surface area contributed by atoms with Crippen molar-refractivity contribution in [3.8, 4) is 28.4 Å². The van der Waals surface area contributed by atoms with Crippen LogP contribution in [0.3, 0.4) is 0 Å². The smallest absolute Gasteiger partial charge is 0.237 e. The maximum atomic E-state index is 13.1. The number of Topliss-reactive ketones (excluding diaryl/α,β-unsaturated/α-hetero) is 2. The lowest BCUT2D eigenvalue weighted by Gasteiger charge is -2.16. The minimum Gasteiger partial charge on any atom is -0.497 e. The first kappa shape index (κ1) is 17.4. The molecule has 0 aliphatic heterocycles. The highest BCUT2D eigenvalue weighted by Gasteiger charge is 2.37. The van der Waals surface area contributed by atoms with Gasteiger partial charge in [0.25, 0.3) is 0 Å². The fraction of sp³-hybridized carbons (Fsp3) is 0.120. The highest BCUT2D eigenvalue weighted by atomic mass is 16.5. The van der Waals surface area contributed by atoms with Crippen LogP contribution >= 0.6 is 0 Å². The average molecular weight is 382 g/mol. The van der Waals surface area contributed by atoms with Gasteiger partial charge in [0.15, 0.2) is 0 Å². The fourth-order valence-corrected chi connectivity index (χ4v) is 4.17. The molecule has 0 amide bonds. The highest BCUT2D eigenvalue weighted by Crippen LogP contribution is 2.44. The van der Waals surface area contributed by atoms with E-state index in [9.17, 15) is 9.59 Å². The van der Waals surface area contributed by atoms with Gasteiger partial charge in [-0.2, -0.15) is 0 Å². The van der Waals surface area contributed by atoms with Crippen molar-refractivity contribution < 1.29 is 18.7 Å². The molecule has 1 aliphatic rings. The molecule has 142 valence electrons. The first-order valence-corrected chi connectivity index (χ1v) is 9.40. The summed E-state index contributed by atoms with van der Waals surface area (Å²) in [6.07, 6.45) is 0. The van der Waals surface area contributed by atoms with Gasteiger partial charge in [-0.3, -0.25) is 9.59 Å². The Bertz CT molecular complexity index is 1320. The van der Waals surface area contributed by atoms with E-state index in [0.717, 1.165) is 27.6 Å². The third-order valence-electron chi connectivity index (χ3n) is 5.68. The van der Waals surface area contributed by atoms with Crippen molar-refractivity contribution in [1.82, 2.24) is 0 Å². The largest absolute Gasteiger partial charge is 0.497 e. The standard InChI is InChI=1S/C25H18O4/c1-13-5-4-6-18-17(13)11-12-19-21(18)23(27)22(26)20-14(2)24(29-25(19)20)15-7-9-16(28-3)10-8-15/h4-12H,1-3H3. The summed E-state index contributed by atoms with van der Waals surface area (Å²) in [6.45, 7) is 3.82. The lowest BCUT2D eigenvalue weighted by molar-refractivity contribution is 0.0815. The second kappa shape index (κ2) is 6.17. The molecule has 0 radical (unpaired) electrons. The van der Waals surface area contributed by atoms with E-state index in [1.54, 1.807) is 7.11 Å². The molecule has 1 heterocycles. The van der Waals surface area contributed by atoms with Gasteiger partial charge in [0, 0.05) is 22.3 Å². The molecule has 0 bridgehead atoms. The molecule has 29 heavy (non-hydrogen) atoms. The molecule has 0 unspecified atom stereocenters. The number of ether oxygens (including phenoxy) is 1. The summed E-state index contributed by atoms with van der Waals surface area (Å²) in [5.41, 5.74) is 4.03. The van der Waals surface area contributed by atoms with Crippen molar-refractivity contribution in [1.29, 1.82) is 0 Å². The second-order valence-electron chi connectivity index (χ2n) is 7.31. The number of rotatable bonds is 2. The number of methoxy groups -OCH3 is 1. The molecule has 4 heteroatoms. The number of furan rings is 1. The van der Waals surface area contributed by atoms with Crippen molar-refractivity contribution in [2.24, 2.45) is 0 Å². The Morgan fingerprint density at radius 3 is 2.21 bits per heavy atom. The number of hydrogen-bond acceptors (Lipinski definition) is 4. The first-order chi connectivity index (χ1) is 14.0. The number of aryl methyl sites for hydroxylation is 1. The van der Waals surface area contributed by atoms with Crippen LogP contribution in [0.4, 0.5) is 0 Å². The van der Waals surface area contributed by atoms with E-state index in [0.29, 0.717) is 33.8 Å². The number of fused-ring (bicyclic) bond motifs is 5. The van der Waals surface area contributed by atoms with Crippen LogP contribution in [-0.4, -0.2) is 18.7 Å². The predicted octanol–water partition coefficient (Wildman–Crippen LogP) is 5.77. The zero-order chi connectivity index (χ0) is 20.3. The zero-order valence-corrected chi connectivity index (χ0v) is 16.3. The first-order valence-electron chi connectivity index (χ1n) is 9.40. The summed E-state index contributed by atoms with van der Waals surface area (Å²) in [5, 5.41) is 1.75. The second-order valence-corrected chi connectivity index (χ2v) is 7.31. The predicted molar refractivity (Wildman–Crippen MR) is 112 cm³/mol. The zero-order valence-electron chi connectivity index (χ0n) is 16.3. The molecule has 1 aliphatic carbocycles. The van der Waals surface area contributed by atoms with Gasteiger partial charge < -0.3 is 9.15 Å². The molecule has 3 aromatic carbocycles. The summed E-state index contributed by atoms with van der Waals surface area (Å²) < 4.78 is 11.4. The third-order valence-corrected chi connectivity index (χ3v) is 5.68. The molecule has 0 N–H and O–H groups in total. The Kier molecular flexibility index (Phi) is 3.71. The monoisotopic (exact) mass is 382 g/mol. The van der Waals surface area contributed by atoms with E-state index in [2.05, 4.69) is 0 Å². The van der Waals surface area contributed by atoms with Crippen LogP contribution in [0.25, 0.3) is 33.4 Å². The van der Waals surface area contributed by atoms with Gasteiger partial charge in [-0.05, 0) is 60.5 Å². The Labute approximate surface area is 167 Å². The van der Waals surface area contributed by atoms with E-state index < -0.39 is 11.6 Å². The lowest BCUT2D eigenvalue weighted by Crippen LogP contribution is -2.21. The van der Waals surface area contributed by atoms with Crippen LogP contribution in [0.5, 0.6) is 5.75 Å². The molecule has 0 atom stereocenters. The summed E-state index contributed by atoms with van der Waals surface area (Å²) >= 11 is 0. The Balaban J connectivity index is 1.79. The van der Waals surface area contributed by atoms with Gasteiger partial charge in [-0.15, -0.1) is 0 Å². The Morgan fingerprint density at radius 1 is 0.759 bits per heavy atom. The quantitative estimate of drug-likeness (QED) is 0.413. The summed E-state index contributed by atoms with van der Waals surface area (Å²) in [4.78, 5) is 26.1. The van der Waals surface area contributed by atoms with Crippen LogP contribution in [0.15, 0.2) is 59.0 Å². The maximum absolute atomic E-state index is 13.1. The molecule has 4 nitrogen and oxygen atoms in total. The molecule has 4 aromatic rings. The van der Waals surface area contributed by atoms with Gasteiger partial charge in [0.2, 0.25) is 11.6 Å². The minimum atomic E-state index is -0.512. The van der Waals surface area contributed by atoms with Crippen molar-refractivity contribution in [2.75, 3.05) is 7.11 Å². The minimum absolute atomic E-state index is 0.361. The van der Waals surface area contributed by atoms with Gasteiger partial charge in [0.1, 0.15) is 17.3 Å². The molecule has 0 saturated carbocycles. The fourth-order valence-electron chi connectivity index (χ4n) is 4.17. The van der Waals surface area contributed by atoms with E-state index >= 15 is 0 Å². The van der Waals surface area contributed by atoms with Gasteiger partial charge in [0.05, 0.1) is 12.7 Å². The molecule has 5 rings (SSSR count). The van der Waals surface area contributed by atoms with Crippen molar-refractivity contribution >= 4 is 22.3 Å². The molecule has 0 fully saturated rings. The van der Waals surface area contributed by atoms with E-state index in [-0.39, 0.29) is 0 Å². The van der Waals surface area contributed by atoms with E-state index in [1.807, 2.05) is 68.4 Å². The average Bonchev–Trinajstić information content (AvgIpc) is 3.09. The number of benzene rings is 3. The van der Waals surface area contributed by atoms with E-state index in [1.165, 1.54) is 0 Å². The molecular weight excluding hydrogens is 364 g/mol. The molecule has 1 aromatic heterocycles.